The van der Waals surface area contributed by atoms with E-state index in [1.165, 1.54) is 108 Å². The maximum atomic E-state index is 2.50. The van der Waals surface area contributed by atoms with Gasteiger partial charge >= 0.3 is 0 Å². The van der Waals surface area contributed by atoms with Gasteiger partial charge in [-0.1, -0.05) is 66.8 Å². The van der Waals surface area contributed by atoms with Gasteiger partial charge in [0, 0.05) is 37.6 Å². The van der Waals surface area contributed by atoms with E-state index in [9.17, 15) is 0 Å². The second kappa shape index (κ2) is 10.2. The fraction of sp³-hybridized carbons (Fsp3) is 0.278. The monoisotopic (exact) mass is 496 g/mol. The molecular formula is C36H36N2. The van der Waals surface area contributed by atoms with Gasteiger partial charge in [0.15, 0.2) is 0 Å². The summed E-state index contributed by atoms with van der Waals surface area (Å²) >= 11 is 0. The lowest BCUT2D eigenvalue weighted by Crippen LogP contribution is -2.17. The van der Waals surface area contributed by atoms with Crippen molar-refractivity contribution in [2.75, 3.05) is 36.0 Å². The first-order chi connectivity index (χ1) is 18.8. The second-order valence-corrected chi connectivity index (χ2v) is 11.2. The number of hydrogen-bond acceptors (Lipinski definition) is 2. The van der Waals surface area contributed by atoms with Crippen molar-refractivity contribution in [3.63, 3.8) is 0 Å². The molecule has 4 aliphatic rings. The summed E-state index contributed by atoms with van der Waals surface area (Å²) in [6.45, 7) is 4.79. The van der Waals surface area contributed by atoms with Crippen LogP contribution in [0.5, 0.6) is 0 Å². The molecule has 38 heavy (non-hydrogen) atoms. The first kappa shape index (κ1) is 23.3. The number of nitrogens with zero attached hydrogens (tertiary/aromatic N) is 2. The number of rotatable bonds is 6. The van der Waals surface area contributed by atoms with E-state index >= 15 is 0 Å². The lowest BCUT2D eigenvalue weighted by Gasteiger charge is -2.18. The average Bonchev–Trinajstić information content (AvgIpc) is 3.80. The van der Waals surface area contributed by atoms with Gasteiger partial charge in [0.2, 0.25) is 0 Å². The largest absolute Gasteiger partial charge is 0.372 e. The molecule has 0 amide bonds. The van der Waals surface area contributed by atoms with E-state index in [1.807, 2.05) is 0 Å². The lowest BCUT2D eigenvalue weighted by molar-refractivity contribution is 0.949. The molecule has 0 aromatic heterocycles. The van der Waals surface area contributed by atoms with Gasteiger partial charge in [-0.25, -0.2) is 0 Å². The molecule has 2 heteroatoms. The summed E-state index contributed by atoms with van der Waals surface area (Å²) in [5.41, 5.74) is 13.8. The van der Waals surface area contributed by atoms with Gasteiger partial charge in [-0.2, -0.15) is 0 Å². The fourth-order valence-corrected chi connectivity index (χ4v) is 6.48. The third kappa shape index (κ3) is 4.65. The van der Waals surface area contributed by atoms with Gasteiger partial charge in [0.05, 0.1) is 0 Å². The predicted molar refractivity (Wildman–Crippen MR) is 163 cm³/mol. The first-order valence-corrected chi connectivity index (χ1v) is 14.4. The Balaban J connectivity index is 0.996. The third-order valence-corrected chi connectivity index (χ3v) is 8.76. The summed E-state index contributed by atoms with van der Waals surface area (Å²) in [4.78, 5) is 5.01. The molecule has 7 rings (SSSR count). The van der Waals surface area contributed by atoms with Crippen molar-refractivity contribution in [1.29, 1.82) is 0 Å². The van der Waals surface area contributed by atoms with Crippen LogP contribution in [-0.2, 0) is 0 Å². The molecule has 0 atom stereocenters. The Morgan fingerprint density at radius 3 is 1.16 bits per heavy atom. The zero-order chi connectivity index (χ0) is 25.3. The van der Waals surface area contributed by atoms with Crippen LogP contribution in [0.25, 0.3) is 22.3 Å². The zero-order valence-electron chi connectivity index (χ0n) is 22.2. The van der Waals surface area contributed by atoms with Crippen molar-refractivity contribution in [2.45, 2.75) is 38.5 Å². The van der Waals surface area contributed by atoms with Gasteiger partial charge in [-0.15, -0.1) is 0 Å². The Morgan fingerprint density at radius 2 is 0.763 bits per heavy atom. The van der Waals surface area contributed by atoms with Crippen molar-refractivity contribution < 1.29 is 0 Å². The standard InChI is InChI=1S/C36H36N2/c1-2-21-37(20-1)35-16-12-27(13-17-35)31-8-10-33(25-31)29-6-5-7-30(24-29)34-11-9-32(26-34)28-14-18-36(19-15-28)38-22-3-4-23-38/h5-19,24H,1-4,20-23,25-26H2. The second-order valence-electron chi connectivity index (χ2n) is 11.2. The minimum atomic E-state index is 0.998. The first-order valence-electron chi connectivity index (χ1n) is 14.4. The number of hydrogen-bond donors (Lipinski definition) is 0. The van der Waals surface area contributed by atoms with Crippen LogP contribution in [0.3, 0.4) is 0 Å². The van der Waals surface area contributed by atoms with E-state index in [1.54, 1.807) is 0 Å². The van der Waals surface area contributed by atoms with Gasteiger partial charge in [-0.3, -0.25) is 0 Å². The van der Waals surface area contributed by atoms with Crippen LogP contribution in [0.1, 0.15) is 60.8 Å². The molecule has 0 N–H and O–H groups in total. The Bertz CT molecular complexity index is 1330. The zero-order valence-corrected chi connectivity index (χ0v) is 22.2. The Kier molecular flexibility index (Phi) is 6.25. The molecule has 0 saturated carbocycles. The molecule has 3 aromatic carbocycles. The molecule has 2 aliphatic carbocycles. The Labute approximate surface area is 227 Å². The maximum absolute atomic E-state index is 2.50. The third-order valence-electron chi connectivity index (χ3n) is 8.76. The topological polar surface area (TPSA) is 6.48 Å². The summed E-state index contributed by atoms with van der Waals surface area (Å²) in [5.74, 6) is 0. The summed E-state index contributed by atoms with van der Waals surface area (Å²) in [6, 6.07) is 27.6. The quantitative estimate of drug-likeness (QED) is 0.337. The van der Waals surface area contributed by atoms with Gasteiger partial charge in [-0.05, 0) is 113 Å². The lowest BCUT2D eigenvalue weighted by atomic mass is 9.94. The number of anilines is 2. The van der Waals surface area contributed by atoms with Crippen molar-refractivity contribution in [3.05, 3.63) is 119 Å². The van der Waals surface area contributed by atoms with Crippen LogP contribution in [-0.4, -0.2) is 26.2 Å². The average molecular weight is 497 g/mol. The molecular weight excluding hydrogens is 460 g/mol. The molecule has 2 aliphatic heterocycles. The Hall–Kier alpha value is -3.78. The Morgan fingerprint density at radius 1 is 0.395 bits per heavy atom. The normalized spacial score (nSPS) is 19.1. The number of benzene rings is 3. The van der Waals surface area contributed by atoms with Crippen molar-refractivity contribution >= 4 is 33.7 Å². The summed E-state index contributed by atoms with van der Waals surface area (Å²) in [5, 5.41) is 0. The van der Waals surface area contributed by atoms with Crippen molar-refractivity contribution in [2.24, 2.45) is 0 Å². The van der Waals surface area contributed by atoms with E-state index in [0.717, 1.165) is 12.8 Å². The van der Waals surface area contributed by atoms with Gasteiger partial charge < -0.3 is 9.80 Å². The fourth-order valence-electron chi connectivity index (χ4n) is 6.48. The highest BCUT2D eigenvalue weighted by Gasteiger charge is 2.18. The van der Waals surface area contributed by atoms with E-state index in [0.29, 0.717) is 0 Å². The smallest absolute Gasteiger partial charge is 0.0366 e. The predicted octanol–water partition coefficient (Wildman–Crippen LogP) is 8.63. The van der Waals surface area contributed by atoms with Crippen LogP contribution >= 0.6 is 0 Å². The maximum Gasteiger partial charge on any atom is 0.0366 e. The van der Waals surface area contributed by atoms with Crippen molar-refractivity contribution in [3.8, 4) is 0 Å². The van der Waals surface area contributed by atoms with E-state index in [2.05, 4.69) is 107 Å². The van der Waals surface area contributed by atoms with E-state index < -0.39 is 0 Å². The van der Waals surface area contributed by atoms with E-state index in [4.69, 9.17) is 0 Å². The van der Waals surface area contributed by atoms with Crippen LogP contribution < -0.4 is 9.80 Å². The molecule has 0 bridgehead atoms. The molecule has 3 aromatic rings. The van der Waals surface area contributed by atoms with Crippen molar-refractivity contribution in [1.82, 2.24) is 0 Å². The van der Waals surface area contributed by atoms with Crippen LogP contribution in [0.15, 0.2) is 97.1 Å². The summed E-state index contributed by atoms with van der Waals surface area (Å²) in [6.07, 6.45) is 16.5. The minimum Gasteiger partial charge on any atom is -0.372 e. The van der Waals surface area contributed by atoms with E-state index in [-0.39, 0.29) is 0 Å². The van der Waals surface area contributed by atoms with Gasteiger partial charge in [0.25, 0.3) is 0 Å². The van der Waals surface area contributed by atoms with Crippen LogP contribution in [0, 0.1) is 0 Å². The molecule has 190 valence electrons. The van der Waals surface area contributed by atoms with Gasteiger partial charge in [0.1, 0.15) is 0 Å². The molecule has 2 nitrogen and oxygen atoms in total. The molecule has 0 spiro atoms. The molecule has 0 radical (unpaired) electrons. The highest BCUT2D eigenvalue weighted by atomic mass is 15.1. The highest BCUT2D eigenvalue weighted by molar-refractivity contribution is 5.90. The SMILES string of the molecule is C1=C(c2ccc(N3CCCC3)cc2)CC(c2cccc(C3=CC=C(c4ccc(N5CCCC5)cc4)C3)c2)=C1. The molecule has 2 saturated heterocycles. The summed E-state index contributed by atoms with van der Waals surface area (Å²) in [7, 11) is 0. The van der Waals surface area contributed by atoms with Crippen LogP contribution in [0.4, 0.5) is 11.4 Å². The summed E-state index contributed by atoms with van der Waals surface area (Å²) < 4.78 is 0. The minimum absolute atomic E-state index is 0.998. The highest BCUT2D eigenvalue weighted by Crippen LogP contribution is 2.38. The molecule has 2 fully saturated rings. The molecule has 0 unspecified atom stereocenters. The molecule has 2 heterocycles. The van der Waals surface area contributed by atoms with Crippen LogP contribution in [0.2, 0.25) is 0 Å². The number of allylic oxidation sites excluding steroid dienone is 8.